The number of hydrogen-bond acceptors (Lipinski definition) is 3. The smallest absolute Gasteiger partial charge is 0.270 e. The van der Waals surface area contributed by atoms with Crippen molar-refractivity contribution >= 4 is 22.6 Å². The van der Waals surface area contributed by atoms with E-state index in [9.17, 15) is 9.59 Å². The van der Waals surface area contributed by atoms with Gasteiger partial charge in [-0.15, -0.1) is 0 Å². The lowest BCUT2D eigenvalue weighted by molar-refractivity contribution is 0.0742. The van der Waals surface area contributed by atoms with Crippen molar-refractivity contribution in [2.75, 3.05) is 13.1 Å². The van der Waals surface area contributed by atoms with Gasteiger partial charge < -0.3 is 9.47 Å². The van der Waals surface area contributed by atoms with Crippen LogP contribution >= 0.6 is 0 Å². The molecule has 6 nitrogen and oxygen atoms in total. The minimum atomic E-state index is -0.137. The summed E-state index contributed by atoms with van der Waals surface area (Å²) in [4.78, 5) is 32.6. The zero-order valence-electron chi connectivity index (χ0n) is 16.7. The Kier molecular flexibility index (Phi) is 5.63. The van der Waals surface area contributed by atoms with Gasteiger partial charge in [0.25, 0.3) is 11.5 Å². The summed E-state index contributed by atoms with van der Waals surface area (Å²) in [6.07, 6.45) is 5.82. The molecule has 0 spiro atoms. The molecule has 0 saturated heterocycles. The number of hydrogen-bond donors (Lipinski definition) is 0. The van der Waals surface area contributed by atoms with E-state index in [1.54, 1.807) is 21.2 Å². The van der Waals surface area contributed by atoms with E-state index in [4.69, 9.17) is 0 Å². The minimum absolute atomic E-state index is 0.0259. The maximum absolute atomic E-state index is 13.2. The van der Waals surface area contributed by atoms with Gasteiger partial charge in [0, 0.05) is 26.3 Å². The number of rotatable bonds is 7. The highest BCUT2D eigenvalue weighted by Crippen LogP contribution is 2.17. The molecular weight excluding hydrogens is 340 g/mol. The lowest BCUT2D eigenvalue weighted by atomic mass is 10.2. The van der Waals surface area contributed by atoms with Gasteiger partial charge in [-0.3, -0.25) is 14.0 Å². The summed E-state index contributed by atoms with van der Waals surface area (Å²) in [5.41, 5.74) is 2.52. The first kappa shape index (κ1) is 19.1. The molecule has 3 aromatic heterocycles. The molecule has 0 aliphatic carbocycles. The van der Waals surface area contributed by atoms with Crippen LogP contribution in [0.5, 0.6) is 0 Å². The Morgan fingerprint density at radius 1 is 1.15 bits per heavy atom. The fourth-order valence-corrected chi connectivity index (χ4v) is 3.36. The predicted octanol–water partition coefficient (Wildman–Crippen LogP) is 3.54. The number of amides is 1. The van der Waals surface area contributed by atoms with Crippen LogP contribution in [0.1, 0.15) is 55.6 Å². The maximum Gasteiger partial charge on any atom is 0.270 e. The molecule has 3 aromatic rings. The molecule has 6 heteroatoms. The number of aromatic nitrogens is 3. The van der Waals surface area contributed by atoms with Crippen LogP contribution in [0.4, 0.5) is 0 Å². The summed E-state index contributed by atoms with van der Waals surface area (Å²) in [6.45, 7) is 7.67. The standard InChI is InChI=1S/C21H28N4O2/c1-5-7-11-24(12-8-6-2)21(27)17-13-16-19(23(17)4)22-18-10-9-15(3)14-25(18)20(16)26/h9-10,13-14H,5-8,11-12H2,1-4H3. The predicted molar refractivity (Wildman–Crippen MR) is 108 cm³/mol. The highest BCUT2D eigenvalue weighted by molar-refractivity contribution is 5.98. The van der Waals surface area contributed by atoms with Gasteiger partial charge in [0.05, 0.1) is 5.39 Å². The molecule has 0 atom stereocenters. The van der Waals surface area contributed by atoms with E-state index in [0.29, 0.717) is 22.4 Å². The Bertz CT molecular complexity index is 1020. The van der Waals surface area contributed by atoms with Crippen molar-refractivity contribution in [3.8, 4) is 0 Å². The van der Waals surface area contributed by atoms with Crippen molar-refractivity contribution in [2.24, 2.45) is 7.05 Å². The van der Waals surface area contributed by atoms with E-state index in [2.05, 4.69) is 18.8 Å². The molecule has 0 fully saturated rings. The third-order valence-electron chi connectivity index (χ3n) is 5.02. The highest BCUT2D eigenvalue weighted by Gasteiger charge is 2.22. The second-order valence-electron chi connectivity index (χ2n) is 7.18. The topological polar surface area (TPSA) is 59.6 Å². The van der Waals surface area contributed by atoms with Crippen molar-refractivity contribution in [3.63, 3.8) is 0 Å². The van der Waals surface area contributed by atoms with E-state index < -0.39 is 0 Å². The first-order valence-electron chi connectivity index (χ1n) is 9.75. The number of nitrogens with zero attached hydrogens (tertiary/aromatic N) is 4. The number of unbranched alkanes of at least 4 members (excludes halogenated alkanes) is 2. The summed E-state index contributed by atoms with van der Waals surface area (Å²) < 4.78 is 3.31. The molecule has 0 aliphatic heterocycles. The van der Waals surface area contributed by atoms with E-state index >= 15 is 0 Å². The van der Waals surface area contributed by atoms with Gasteiger partial charge in [-0.25, -0.2) is 4.98 Å². The zero-order chi connectivity index (χ0) is 19.6. The van der Waals surface area contributed by atoms with Gasteiger partial charge in [-0.2, -0.15) is 0 Å². The van der Waals surface area contributed by atoms with Crippen LogP contribution in [0.2, 0.25) is 0 Å². The Labute approximate surface area is 159 Å². The van der Waals surface area contributed by atoms with Gasteiger partial charge >= 0.3 is 0 Å². The lowest BCUT2D eigenvalue weighted by Gasteiger charge is -2.22. The number of carbonyl (C=O) groups excluding carboxylic acids is 1. The number of carbonyl (C=O) groups is 1. The fourth-order valence-electron chi connectivity index (χ4n) is 3.36. The van der Waals surface area contributed by atoms with Gasteiger partial charge in [0.2, 0.25) is 0 Å². The summed E-state index contributed by atoms with van der Waals surface area (Å²) >= 11 is 0. The molecule has 3 heterocycles. The quantitative estimate of drug-likeness (QED) is 0.641. The SMILES string of the molecule is CCCCN(CCCC)C(=O)c1cc2c(=O)n3cc(C)ccc3nc2n1C. The van der Waals surface area contributed by atoms with Crippen LogP contribution in [-0.4, -0.2) is 37.8 Å². The molecule has 0 N–H and O–H groups in total. The van der Waals surface area contributed by atoms with Gasteiger partial charge in [0.1, 0.15) is 17.0 Å². The second kappa shape index (κ2) is 7.94. The fraction of sp³-hybridized carbons (Fsp3) is 0.476. The molecule has 144 valence electrons. The van der Waals surface area contributed by atoms with Crippen LogP contribution in [0.3, 0.4) is 0 Å². The summed E-state index contributed by atoms with van der Waals surface area (Å²) in [7, 11) is 1.81. The largest absolute Gasteiger partial charge is 0.337 e. The summed E-state index contributed by atoms with van der Waals surface area (Å²) in [6, 6.07) is 5.46. The molecule has 27 heavy (non-hydrogen) atoms. The number of aryl methyl sites for hydroxylation is 2. The van der Waals surface area contributed by atoms with Crippen molar-refractivity contribution in [1.82, 2.24) is 18.9 Å². The van der Waals surface area contributed by atoms with E-state index in [1.807, 2.05) is 31.0 Å². The normalized spacial score (nSPS) is 11.4. The number of fused-ring (bicyclic) bond motifs is 2. The Morgan fingerprint density at radius 2 is 1.81 bits per heavy atom. The first-order valence-corrected chi connectivity index (χ1v) is 9.75. The Balaban J connectivity index is 2.09. The molecule has 0 saturated carbocycles. The molecule has 0 aliphatic rings. The van der Waals surface area contributed by atoms with Crippen LogP contribution in [0.15, 0.2) is 29.2 Å². The van der Waals surface area contributed by atoms with Crippen LogP contribution in [0, 0.1) is 6.92 Å². The molecule has 0 aromatic carbocycles. The molecule has 0 unspecified atom stereocenters. The molecule has 3 rings (SSSR count). The van der Waals surface area contributed by atoms with E-state index in [0.717, 1.165) is 44.3 Å². The lowest BCUT2D eigenvalue weighted by Crippen LogP contribution is -2.34. The summed E-state index contributed by atoms with van der Waals surface area (Å²) in [5, 5.41) is 0.481. The van der Waals surface area contributed by atoms with Crippen molar-refractivity contribution < 1.29 is 4.79 Å². The second-order valence-corrected chi connectivity index (χ2v) is 7.18. The van der Waals surface area contributed by atoms with Crippen LogP contribution in [-0.2, 0) is 7.05 Å². The van der Waals surface area contributed by atoms with Crippen molar-refractivity contribution in [1.29, 1.82) is 0 Å². The molecule has 0 radical (unpaired) electrons. The van der Waals surface area contributed by atoms with Gasteiger partial charge in [-0.05, 0) is 37.5 Å². The monoisotopic (exact) mass is 368 g/mol. The third kappa shape index (κ3) is 3.61. The van der Waals surface area contributed by atoms with Crippen LogP contribution in [0.25, 0.3) is 16.7 Å². The number of pyridine rings is 1. The molecular formula is C21H28N4O2. The van der Waals surface area contributed by atoms with E-state index in [-0.39, 0.29) is 11.5 Å². The van der Waals surface area contributed by atoms with Crippen molar-refractivity contribution in [3.05, 3.63) is 46.0 Å². The Morgan fingerprint density at radius 3 is 2.44 bits per heavy atom. The molecule has 1 amide bonds. The van der Waals surface area contributed by atoms with Gasteiger partial charge in [0.15, 0.2) is 0 Å². The van der Waals surface area contributed by atoms with Crippen LogP contribution < -0.4 is 5.56 Å². The maximum atomic E-state index is 13.2. The minimum Gasteiger partial charge on any atom is -0.337 e. The molecule has 0 bridgehead atoms. The highest BCUT2D eigenvalue weighted by atomic mass is 16.2. The zero-order valence-corrected chi connectivity index (χ0v) is 16.7. The third-order valence-corrected chi connectivity index (χ3v) is 5.02. The summed E-state index contributed by atoms with van der Waals surface area (Å²) in [5.74, 6) is -0.0259. The van der Waals surface area contributed by atoms with Crippen molar-refractivity contribution in [2.45, 2.75) is 46.5 Å². The average Bonchev–Trinajstić information content (AvgIpc) is 2.99. The first-order chi connectivity index (χ1) is 13.0. The van der Waals surface area contributed by atoms with E-state index in [1.165, 1.54) is 0 Å². The van der Waals surface area contributed by atoms with Gasteiger partial charge in [-0.1, -0.05) is 32.8 Å². The Hall–Kier alpha value is -2.63. The average molecular weight is 368 g/mol.